The molecular formula is C28H36N2O4S. The molecule has 0 saturated heterocycles. The first kappa shape index (κ1) is 26.7. The van der Waals surface area contributed by atoms with E-state index in [-0.39, 0.29) is 10.3 Å². The molecule has 0 amide bonds. The van der Waals surface area contributed by atoms with E-state index in [9.17, 15) is 18.3 Å². The van der Waals surface area contributed by atoms with Crippen LogP contribution in [0.25, 0.3) is 5.69 Å². The summed E-state index contributed by atoms with van der Waals surface area (Å²) in [7, 11) is -4.32. The fourth-order valence-electron chi connectivity index (χ4n) is 4.26. The quantitative estimate of drug-likeness (QED) is 0.442. The van der Waals surface area contributed by atoms with E-state index in [0.717, 1.165) is 29.5 Å². The number of aromatic nitrogens is 2. The molecule has 0 radical (unpaired) electrons. The Hall–Kier alpha value is -2.93. The molecule has 1 heterocycles. The van der Waals surface area contributed by atoms with Crippen LogP contribution >= 0.6 is 0 Å². The average Bonchev–Trinajstić information content (AvgIpc) is 2.81. The number of aryl methyl sites for hydroxylation is 3. The van der Waals surface area contributed by atoms with Gasteiger partial charge in [-0.15, -0.1) is 0 Å². The molecular weight excluding hydrogens is 460 g/mol. The second-order valence-corrected chi connectivity index (χ2v) is 11.7. The Kier molecular flexibility index (Phi) is 7.90. The van der Waals surface area contributed by atoms with Crippen LogP contribution in [0.1, 0.15) is 76.9 Å². The van der Waals surface area contributed by atoms with Gasteiger partial charge >= 0.3 is 0 Å². The van der Waals surface area contributed by atoms with Crippen molar-refractivity contribution in [1.82, 2.24) is 9.55 Å². The lowest BCUT2D eigenvalue weighted by Gasteiger charge is -2.21. The Morgan fingerprint density at radius 3 is 2.00 bits per heavy atom. The number of sulfone groups is 1. The van der Waals surface area contributed by atoms with Gasteiger partial charge in [-0.2, -0.15) is 4.98 Å². The van der Waals surface area contributed by atoms with Crippen molar-refractivity contribution in [2.75, 3.05) is 0 Å². The Morgan fingerprint density at radius 1 is 0.943 bits per heavy atom. The number of nitrogens with zero attached hydrogens (tertiary/aromatic N) is 2. The maximum Gasteiger partial charge on any atom is 0.281 e. The molecule has 0 saturated carbocycles. The smallest absolute Gasteiger partial charge is 0.281 e. The van der Waals surface area contributed by atoms with E-state index in [1.165, 1.54) is 16.7 Å². The van der Waals surface area contributed by atoms with Gasteiger partial charge in [-0.3, -0.25) is 9.36 Å². The van der Waals surface area contributed by atoms with Crippen LogP contribution in [0.4, 0.5) is 0 Å². The first-order valence-corrected chi connectivity index (χ1v) is 13.8. The van der Waals surface area contributed by atoms with Crippen LogP contribution in [0.2, 0.25) is 0 Å². The van der Waals surface area contributed by atoms with Crippen molar-refractivity contribution in [3.8, 4) is 11.6 Å². The summed E-state index contributed by atoms with van der Waals surface area (Å²) < 4.78 is 28.7. The highest BCUT2D eigenvalue weighted by Gasteiger charge is 2.31. The fraction of sp³-hybridized carbons (Fsp3) is 0.429. The Balaban J connectivity index is 2.34. The van der Waals surface area contributed by atoms with Gasteiger partial charge in [0.25, 0.3) is 5.56 Å². The Bertz CT molecular complexity index is 1340. The number of aromatic hydroxyl groups is 1. The molecule has 35 heavy (non-hydrogen) atoms. The summed E-state index contributed by atoms with van der Waals surface area (Å²) in [4.78, 5) is 17.5. The highest BCUT2D eigenvalue weighted by atomic mass is 32.2. The molecule has 2 aromatic carbocycles. The number of para-hydroxylation sites is 1. The third-order valence-electron chi connectivity index (χ3n) is 6.34. The van der Waals surface area contributed by atoms with Gasteiger partial charge in [-0.1, -0.05) is 78.3 Å². The minimum absolute atomic E-state index is 0.0490. The highest BCUT2D eigenvalue weighted by molar-refractivity contribution is 7.91. The number of hydrogen-bond acceptors (Lipinski definition) is 5. The maximum absolute atomic E-state index is 13.9. The first-order valence-electron chi connectivity index (χ1n) is 12.3. The first-order chi connectivity index (χ1) is 16.5. The number of benzene rings is 2. The lowest BCUT2D eigenvalue weighted by Crippen LogP contribution is -2.30. The Labute approximate surface area is 208 Å². The van der Waals surface area contributed by atoms with E-state index in [2.05, 4.69) is 4.98 Å². The van der Waals surface area contributed by atoms with Gasteiger partial charge in [-0.25, -0.2) is 8.42 Å². The summed E-state index contributed by atoms with van der Waals surface area (Å²) in [6.45, 7) is 12.1. The SMILES string of the molecule is CCCCc1nc(O)c(S(=O)(=O)c2ccc(C(C)(C)C)cc2)c(=O)n1-c1c(CC)cccc1CC. The van der Waals surface area contributed by atoms with Crippen molar-refractivity contribution in [3.63, 3.8) is 0 Å². The summed E-state index contributed by atoms with van der Waals surface area (Å²) in [6, 6.07) is 12.3. The molecule has 6 nitrogen and oxygen atoms in total. The number of unbranched alkanes of at least 4 members (excludes halogenated alkanes) is 1. The van der Waals surface area contributed by atoms with Gasteiger partial charge in [0.2, 0.25) is 15.7 Å². The predicted molar refractivity (Wildman–Crippen MR) is 139 cm³/mol. The normalized spacial score (nSPS) is 12.2. The molecule has 0 spiro atoms. The maximum atomic E-state index is 13.9. The standard InChI is InChI=1S/C28H36N2O4S/c1-7-10-14-23-29-26(31)25(35(33,34)22-17-15-21(16-18-22)28(4,5)6)27(32)30(23)24-19(8-2)12-11-13-20(24)9-3/h11-13,15-18,31H,7-10,14H2,1-6H3. The summed E-state index contributed by atoms with van der Waals surface area (Å²) in [5.74, 6) is -0.378. The summed E-state index contributed by atoms with van der Waals surface area (Å²) >= 11 is 0. The predicted octanol–water partition coefficient (Wildman–Crippen LogP) is 5.54. The van der Waals surface area contributed by atoms with Crippen LogP contribution in [0.15, 0.2) is 57.1 Å². The van der Waals surface area contributed by atoms with Crippen molar-refractivity contribution in [2.45, 2.75) is 88.9 Å². The van der Waals surface area contributed by atoms with E-state index in [4.69, 9.17) is 0 Å². The molecule has 0 aliphatic carbocycles. The molecule has 0 aliphatic rings. The van der Waals surface area contributed by atoms with Gasteiger partial charge in [0.05, 0.1) is 10.6 Å². The van der Waals surface area contributed by atoms with E-state index < -0.39 is 26.2 Å². The van der Waals surface area contributed by atoms with E-state index >= 15 is 0 Å². The molecule has 1 N–H and O–H groups in total. The average molecular weight is 497 g/mol. The van der Waals surface area contributed by atoms with Gasteiger partial charge in [0.15, 0.2) is 4.90 Å². The molecule has 1 aromatic heterocycles. The molecule has 0 atom stereocenters. The highest BCUT2D eigenvalue weighted by Crippen LogP contribution is 2.30. The third-order valence-corrected chi connectivity index (χ3v) is 8.12. The van der Waals surface area contributed by atoms with Crippen molar-refractivity contribution in [2.24, 2.45) is 0 Å². The van der Waals surface area contributed by atoms with E-state index in [0.29, 0.717) is 30.8 Å². The van der Waals surface area contributed by atoms with Gasteiger partial charge in [0.1, 0.15) is 5.82 Å². The third kappa shape index (κ3) is 5.20. The topological polar surface area (TPSA) is 89.3 Å². The zero-order chi connectivity index (χ0) is 26.0. The Morgan fingerprint density at radius 2 is 1.51 bits per heavy atom. The molecule has 0 fully saturated rings. The van der Waals surface area contributed by atoms with Gasteiger partial charge in [0, 0.05) is 6.42 Å². The summed E-state index contributed by atoms with van der Waals surface area (Å²) in [5, 5.41) is 10.8. The molecule has 0 aliphatic heterocycles. The lowest BCUT2D eigenvalue weighted by atomic mass is 9.87. The van der Waals surface area contributed by atoms with Crippen molar-refractivity contribution in [3.05, 3.63) is 75.3 Å². The van der Waals surface area contributed by atoms with Crippen LogP contribution in [-0.2, 0) is 34.5 Å². The molecule has 188 valence electrons. The van der Waals surface area contributed by atoms with Crippen LogP contribution < -0.4 is 5.56 Å². The zero-order valence-corrected chi connectivity index (χ0v) is 22.4. The van der Waals surface area contributed by atoms with Crippen LogP contribution in [0.3, 0.4) is 0 Å². The van der Waals surface area contributed by atoms with Crippen LogP contribution in [-0.4, -0.2) is 23.1 Å². The molecule has 3 aromatic rings. The fourth-order valence-corrected chi connectivity index (χ4v) is 5.60. The lowest BCUT2D eigenvalue weighted by molar-refractivity contribution is 0.424. The minimum Gasteiger partial charge on any atom is -0.492 e. The van der Waals surface area contributed by atoms with Crippen LogP contribution in [0.5, 0.6) is 5.88 Å². The monoisotopic (exact) mass is 496 g/mol. The minimum atomic E-state index is -4.32. The van der Waals surface area contributed by atoms with E-state index in [1.807, 2.05) is 59.7 Å². The molecule has 0 bridgehead atoms. The summed E-state index contributed by atoms with van der Waals surface area (Å²) in [5.41, 5.74) is 2.57. The van der Waals surface area contributed by atoms with Crippen molar-refractivity contribution >= 4 is 9.84 Å². The number of rotatable bonds is 8. The number of hydrogen-bond donors (Lipinski definition) is 1. The van der Waals surface area contributed by atoms with Crippen LogP contribution in [0, 0.1) is 0 Å². The summed E-state index contributed by atoms with van der Waals surface area (Å²) in [6.07, 6.45) is 3.40. The second kappa shape index (κ2) is 10.4. The molecule has 3 rings (SSSR count). The largest absolute Gasteiger partial charge is 0.492 e. The van der Waals surface area contributed by atoms with Gasteiger partial charge in [-0.05, 0) is 53.5 Å². The van der Waals surface area contributed by atoms with E-state index in [1.54, 1.807) is 12.1 Å². The molecule has 7 heteroatoms. The molecule has 0 unspecified atom stereocenters. The second-order valence-electron chi connectivity index (χ2n) is 9.83. The van der Waals surface area contributed by atoms with Crippen molar-refractivity contribution in [1.29, 1.82) is 0 Å². The van der Waals surface area contributed by atoms with Gasteiger partial charge < -0.3 is 5.11 Å². The van der Waals surface area contributed by atoms with Crippen molar-refractivity contribution < 1.29 is 13.5 Å². The zero-order valence-electron chi connectivity index (χ0n) is 21.6.